The predicted molar refractivity (Wildman–Crippen MR) is 141 cm³/mol. The van der Waals surface area contributed by atoms with Crippen LogP contribution in [0.25, 0.3) is 33.8 Å². The molecule has 170 valence electrons. The molecule has 0 fully saturated rings. The fourth-order valence-electron chi connectivity index (χ4n) is 4.94. The van der Waals surface area contributed by atoms with Crippen molar-refractivity contribution in [3.05, 3.63) is 93.7 Å². The van der Waals surface area contributed by atoms with Gasteiger partial charge >= 0.3 is 0 Å². The highest BCUT2D eigenvalue weighted by Crippen LogP contribution is 2.38. The number of rotatable bonds is 4. The van der Waals surface area contributed by atoms with E-state index in [0.717, 1.165) is 39.3 Å². The summed E-state index contributed by atoms with van der Waals surface area (Å²) in [6, 6.07) is 19.0. The van der Waals surface area contributed by atoms with Gasteiger partial charge in [0.25, 0.3) is 0 Å². The van der Waals surface area contributed by atoms with Gasteiger partial charge in [-0.05, 0) is 87.6 Å². The van der Waals surface area contributed by atoms with Gasteiger partial charge in [-0.15, -0.1) is 0 Å². The Morgan fingerprint density at radius 1 is 0.735 bits per heavy atom. The van der Waals surface area contributed by atoms with Crippen molar-refractivity contribution in [1.82, 2.24) is 9.97 Å². The second-order valence-electron chi connectivity index (χ2n) is 9.67. The molecule has 0 spiro atoms. The van der Waals surface area contributed by atoms with Crippen molar-refractivity contribution in [2.45, 2.75) is 54.4 Å². The lowest BCUT2D eigenvalue weighted by Crippen LogP contribution is -2.03. The van der Waals surface area contributed by atoms with Crippen LogP contribution in [-0.2, 0) is 0 Å². The minimum Gasteiger partial charge on any atom is -0.252 e. The van der Waals surface area contributed by atoms with E-state index in [0.29, 0.717) is 11.5 Å². The monoisotopic (exact) mass is 445 g/mol. The highest BCUT2D eigenvalue weighted by Gasteiger charge is 2.20. The van der Waals surface area contributed by atoms with Crippen molar-refractivity contribution >= 4 is 0 Å². The Morgan fingerprint density at radius 3 is 2.06 bits per heavy atom. The van der Waals surface area contributed by atoms with E-state index < -0.39 is 0 Å². The van der Waals surface area contributed by atoms with Crippen LogP contribution >= 0.6 is 0 Å². The predicted octanol–water partition coefficient (Wildman–Crippen LogP) is 8.01. The van der Waals surface area contributed by atoms with Crippen LogP contribution in [0.4, 0.5) is 0 Å². The molecule has 0 bridgehead atoms. The molecule has 0 N–H and O–H groups in total. The molecule has 0 aliphatic rings. The molecule has 0 saturated heterocycles. The van der Waals surface area contributed by atoms with Crippen LogP contribution in [0.15, 0.2) is 54.7 Å². The van der Waals surface area contributed by atoms with Crippen molar-refractivity contribution in [1.29, 1.82) is 5.26 Å². The first kappa shape index (κ1) is 23.4. The third-order valence-electron chi connectivity index (χ3n) is 6.27. The SMILES string of the molecule is Cc1cc(C)cc(-c2nc(-c3cc(C#N)ccc3C)cnc2-c2cc(C)cc(C)c2C(C)C)c1. The summed E-state index contributed by atoms with van der Waals surface area (Å²) in [5.74, 6) is 0.360. The lowest BCUT2D eigenvalue weighted by molar-refractivity contribution is 0.857. The maximum Gasteiger partial charge on any atom is 0.0991 e. The topological polar surface area (TPSA) is 49.6 Å². The number of hydrogen-bond donors (Lipinski definition) is 0. The third kappa shape index (κ3) is 4.50. The number of nitrogens with zero attached hydrogens (tertiary/aromatic N) is 3. The van der Waals surface area contributed by atoms with Crippen molar-refractivity contribution in [2.75, 3.05) is 0 Å². The van der Waals surface area contributed by atoms with E-state index in [1.54, 1.807) is 0 Å². The van der Waals surface area contributed by atoms with E-state index in [2.05, 4.69) is 77.9 Å². The largest absolute Gasteiger partial charge is 0.252 e. The Morgan fingerprint density at radius 2 is 1.41 bits per heavy atom. The molecule has 1 heterocycles. The van der Waals surface area contributed by atoms with Gasteiger partial charge in [-0.25, -0.2) is 4.98 Å². The van der Waals surface area contributed by atoms with Crippen LogP contribution in [0, 0.1) is 45.9 Å². The maximum atomic E-state index is 9.43. The molecule has 0 amide bonds. The van der Waals surface area contributed by atoms with Crippen LogP contribution in [-0.4, -0.2) is 9.97 Å². The van der Waals surface area contributed by atoms with Crippen molar-refractivity contribution < 1.29 is 0 Å². The molecule has 0 aliphatic carbocycles. The average Bonchev–Trinajstić information content (AvgIpc) is 2.77. The zero-order valence-corrected chi connectivity index (χ0v) is 21.1. The Hall–Kier alpha value is -3.77. The van der Waals surface area contributed by atoms with E-state index in [9.17, 15) is 5.26 Å². The lowest BCUT2D eigenvalue weighted by atomic mass is 9.87. The zero-order chi connectivity index (χ0) is 24.6. The highest BCUT2D eigenvalue weighted by atomic mass is 14.8. The Bertz CT molecular complexity index is 1420. The third-order valence-corrected chi connectivity index (χ3v) is 6.27. The molecule has 4 rings (SSSR count). The molecule has 0 unspecified atom stereocenters. The van der Waals surface area contributed by atoms with Gasteiger partial charge in [0.15, 0.2) is 0 Å². The van der Waals surface area contributed by atoms with E-state index in [1.165, 1.54) is 27.8 Å². The van der Waals surface area contributed by atoms with Gasteiger partial charge in [-0.2, -0.15) is 5.26 Å². The first-order valence-electron chi connectivity index (χ1n) is 11.8. The summed E-state index contributed by atoms with van der Waals surface area (Å²) in [6.45, 7) is 15.1. The quantitative estimate of drug-likeness (QED) is 0.319. The normalized spacial score (nSPS) is 11.0. The van der Waals surface area contributed by atoms with Crippen LogP contribution in [0.1, 0.15) is 58.7 Å². The van der Waals surface area contributed by atoms with Gasteiger partial charge in [0, 0.05) is 16.7 Å². The van der Waals surface area contributed by atoms with Gasteiger partial charge in [0.2, 0.25) is 0 Å². The molecule has 0 saturated carbocycles. The molecule has 0 radical (unpaired) electrons. The average molecular weight is 446 g/mol. The van der Waals surface area contributed by atoms with Gasteiger partial charge in [-0.3, -0.25) is 4.98 Å². The molecule has 3 aromatic carbocycles. The van der Waals surface area contributed by atoms with Crippen LogP contribution in [0.3, 0.4) is 0 Å². The van der Waals surface area contributed by atoms with Crippen LogP contribution < -0.4 is 0 Å². The van der Waals surface area contributed by atoms with Gasteiger partial charge in [-0.1, -0.05) is 48.7 Å². The number of aromatic nitrogens is 2. The van der Waals surface area contributed by atoms with Crippen molar-refractivity contribution in [2.24, 2.45) is 0 Å². The Kier molecular flexibility index (Phi) is 6.35. The fourth-order valence-corrected chi connectivity index (χ4v) is 4.94. The number of benzene rings is 3. The van der Waals surface area contributed by atoms with Crippen LogP contribution in [0.2, 0.25) is 0 Å². The Labute approximate surface area is 203 Å². The summed E-state index contributed by atoms with van der Waals surface area (Å²) in [4.78, 5) is 10.2. The molecular weight excluding hydrogens is 414 g/mol. The van der Waals surface area contributed by atoms with E-state index in [1.807, 2.05) is 31.3 Å². The number of nitriles is 1. The molecule has 4 aromatic rings. The standard InChI is InChI=1S/C31H31N3/c1-18(2)29-23(7)11-21(5)14-27(29)31-30(25-12-19(3)10-20(4)13-25)34-28(17-33-31)26-15-24(16-32)9-8-22(26)6/h8-15,17-18H,1-7H3. The second-order valence-corrected chi connectivity index (χ2v) is 9.67. The molecule has 0 atom stereocenters. The molecule has 34 heavy (non-hydrogen) atoms. The molecule has 3 nitrogen and oxygen atoms in total. The minimum absolute atomic E-state index is 0.360. The Balaban J connectivity index is 2.06. The maximum absolute atomic E-state index is 9.43. The number of hydrogen-bond acceptors (Lipinski definition) is 3. The number of aryl methyl sites for hydroxylation is 5. The minimum atomic E-state index is 0.360. The van der Waals surface area contributed by atoms with Gasteiger partial charge in [0.1, 0.15) is 0 Å². The highest BCUT2D eigenvalue weighted by molar-refractivity contribution is 5.83. The van der Waals surface area contributed by atoms with E-state index in [-0.39, 0.29) is 0 Å². The fraction of sp³-hybridized carbons (Fsp3) is 0.258. The first-order valence-corrected chi connectivity index (χ1v) is 11.8. The van der Waals surface area contributed by atoms with Gasteiger partial charge in [0.05, 0.1) is 34.9 Å². The zero-order valence-electron chi connectivity index (χ0n) is 21.1. The summed E-state index contributed by atoms with van der Waals surface area (Å²) in [7, 11) is 0. The van der Waals surface area contributed by atoms with Gasteiger partial charge < -0.3 is 0 Å². The lowest BCUT2D eigenvalue weighted by Gasteiger charge is -2.20. The molecule has 3 heteroatoms. The van der Waals surface area contributed by atoms with Crippen molar-refractivity contribution in [3.8, 4) is 39.8 Å². The summed E-state index contributed by atoms with van der Waals surface area (Å²) in [5.41, 5.74) is 13.6. The summed E-state index contributed by atoms with van der Waals surface area (Å²) >= 11 is 0. The van der Waals surface area contributed by atoms with Crippen molar-refractivity contribution in [3.63, 3.8) is 0 Å². The molecule has 1 aromatic heterocycles. The molecular formula is C31H31N3. The summed E-state index contributed by atoms with van der Waals surface area (Å²) in [5, 5.41) is 9.43. The molecule has 0 aliphatic heterocycles. The van der Waals surface area contributed by atoms with E-state index in [4.69, 9.17) is 9.97 Å². The van der Waals surface area contributed by atoms with Crippen LogP contribution in [0.5, 0.6) is 0 Å². The first-order chi connectivity index (χ1) is 16.2. The summed E-state index contributed by atoms with van der Waals surface area (Å²) < 4.78 is 0. The second kappa shape index (κ2) is 9.23. The van der Waals surface area contributed by atoms with E-state index >= 15 is 0 Å². The summed E-state index contributed by atoms with van der Waals surface area (Å²) in [6.07, 6.45) is 1.85. The smallest absolute Gasteiger partial charge is 0.0991 e.